The second-order valence-electron chi connectivity index (χ2n) is 2.45. The molecule has 0 aromatic rings. The molecule has 0 aromatic heterocycles. The lowest BCUT2D eigenvalue weighted by molar-refractivity contribution is -0.143. The standard InChI is InChI=1S/C11H10O2/c12-11-9-7-5-3-1-2-4-6-8-10-13-11/h1-2H,7-10H2/b2-1+. The first kappa shape index (κ1) is 9.42. The fourth-order valence-corrected chi connectivity index (χ4v) is 0.798. The van der Waals surface area contributed by atoms with E-state index in [1.165, 1.54) is 0 Å². The van der Waals surface area contributed by atoms with E-state index in [0.717, 1.165) is 0 Å². The lowest BCUT2D eigenvalue weighted by atomic mass is 10.3. The first-order valence-corrected chi connectivity index (χ1v) is 4.17. The zero-order valence-corrected chi connectivity index (χ0v) is 7.30. The molecule has 1 aliphatic heterocycles. The number of esters is 1. The zero-order chi connectivity index (χ0) is 9.36. The van der Waals surface area contributed by atoms with E-state index in [9.17, 15) is 4.79 Å². The van der Waals surface area contributed by atoms with Crippen molar-refractivity contribution in [1.82, 2.24) is 0 Å². The number of cyclic esters (lactones) is 1. The van der Waals surface area contributed by atoms with Crippen LogP contribution in [0, 0.1) is 23.7 Å². The maximum absolute atomic E-state index is 10.9. The molecule has 0 saturated carbocycles. The van der Waals surface area contributed by atoms with Crippen molar-refractivity contribution in [3.63, 3.8) is 0 Å². The summed E-state index contributed by atoms with van der Waals surface area (Å²) in [6.07, 6.45) is 4.91. The fourth-order valence-electron chi connectivity index (χ4n) is 0.798. The highest BCUT2D eigenvalue weighted by Crippen LogP contribution is 1.93. The number of carbonyl (C=O) groups excluding carboxylic acids is 1. The van der Waals surface area contributed by atoms with E-state index in [1.807, 2.05) is 0 Å². The van der Waals surface area contributed by atoms with Crippen LogP contribution in [0.25, 0.3) is 0 Å². The Morgan fingerprint density at radius 1 is 1.15 bits per heavy atom. The summed E-state index contributed by atoms with van der Waals surface area (Å²) < 4.78 is 4.88. The predicted molar refractivity (Wildman–Crippen MR) is 49.5 cm³/mol. The van der Waals surface area contributed by atoms with Gasteiger partial charge in [0, 0.05) is 12.8 Å². The van der Waals surface area contributed by atoms with Gasteiger partial charge in [0.25, 0.3) is 0 Å². The van der Waals surface area contributed by atoms with Crippen LogP contribution in [-0.4, -0.2) is 12.6 Å². The Kier molecular flexibility index (Phi) is 4.29. The average Bonchev–Trinajstić information content (AvgIpc) is 2.11. The van der Waals surface area contributed by atoms with Crippen LogP contribution < -0.4 is 0 Å². The van der Waals surface area contributed by atoms with Crippen molar-refractivity contribution in [2.75, 3.05) is 6.61 Å². The van der Waals surface area contributed by atoms with E-state index < -0.39 is 0 Å². The van der Waals surface area contributed by atoms with Crippen LogP contribution >= 0.6 is 0 Å². The van der Waals surface area contributed by atoms with E-state index in [2.05, 4.69) is 23.7 Å². The van der Waals surface area contributed by atoms with E-state index in [0.29, 0.717) is 25.9 Å². The number of carbonyl (C=O) groups is 1. The molecule has 2 heteroatoms. The van der Waals surface area contributed by atoms with Gasteiger partial charge in [-0.1, -0.05) is 23.7 Å². The highest BCUT2D eigenvalue weighted by molar-refractivity contribution is 5.69. The van der Waals surface area contributed by atoms with Gasteiger partial charge in [0.15, 0.2) is 0 Å². The van der Waals surface area contributed by atoms with Crippen molar-refractivity contribution >= 4 is 5.97 Å². The molecule has 0 spiro atoms. The summed E-state index contributed by atoms with van der Waals surface area (Å²) in [6, 6.07) is 0. The molecule has 0 aliphatic carbocycles. The molecule has 0 aromatic carbocycles. The number of allylic oxidation sites excluding steroid dienone is 2. The summed E-state index contributed by atoms with van der Waals surface area (Å²) in [6.45, 7) is 0.382. The van der Waals surface area contributed by atoms with Gasteiger partial charge in [0.1, 0.15) is 6.61 Å². The third-order valence-electron chi connectivity index (χ3n) is 1.40. The molecule has 0 radical (unpaired) electrons. The van der Waals surface area contributed by atoms with Crippen LogP contribution in [0.3, 0.4) is 0 Å². The summed E-state index contributed by atoms with van der Waals surface area (Å²) in [7, 11) is 0. The minimum absolute atomic E-state index is 0.194. The number of hydrogen-bond donors (Lipinski definition) is 0. The minimum Gasteiger partial charge on any atom is -0.465 e. The maximum Gasteiger partial charge on any atom is 0.306 e. The van der Waals surface area contributed by atoms with Gasteiger partial charge < -0.3 is 4.74 Å². The van der Waals surface area contributed by atoms with Gasteiger partial charge in [-0.2, -0.15) is 0 Å². The fraction of sp³-hybridized carbons (Fsp3) is 0.364. The molecule has 1 rings (SSSR count). The van der Waals surface area contributed by atoms with Crippen molar-refractivity contribution in [3.05, 3.63) is 12.2 Å². The van der Waals surface area contributed by atoms with Gasteiger partial charge in [0.2, 0.25) is 0 Å². The Bertz CT molecular complexity index is 317. The van der Waals surface area contributed by atoms with Gasteiger partial charge >= 0.3 is 5.97 Å². The molecule has 2 nitrogen and oxygen atoms in total. The molecule has 0 N–H and O–H groups in total. The van der Waals surface area contributed by atoms with Crippen LogP contribution in [0.2, 0.25) is 0 Å². The van der Waals surface area contributed by atoms with Crippen LogP contribution in [0.5, 0.6) is 0 Å². The summed E-state index contributed by atoms with van der Waals surface area (Å²) in [5, 5.41) is 0. The quantitative estimate of drug-likeness (QED) is 0.408. The summed E-state index contributed by atoms with van der Waals surface area (Å²) in [5.74, 6) is 11.1. The molecule has 13 heavy (non-hydrogen) atoms. The predicted octanol–water partition coefficient (Wildman–Crippen LogP) is 1.28. The Hall–Kier alpha value is -1.67. The monoisotopic (exact) mass is 174 g/mol. The zero-order valence-electron chi connectivity index (χ0n) is 7.30. The van der Waals surface area contributed by atoms with Crippen LogP contribution in [0.1, 0.15) is 19.3 Å². The Morgan fingerprint density at radius 3 is 2.62 bits per heavy atom. The molecule has 1 aliphatic rings. The SMILES string of the molecule is O=C1CCC#C/C=C/C#CCCO1. The Balaban J connectivity index is 2.53. The number of hydrogen-bond acceptors (Lipinski definition) is 2. The van der Waals surface area contributed by atoms with Gasteiger partial charge in [-0.25, -0.2) is 0 Å². The van der Waals surface area contributed by atoms with Gasteiger partial charge in [0.05, 0.1) is 6.42 Å². The van der Waals surface area contributed by atoms with Gasteiger partial charge in [-0.05, 0) is 12.2 Å². The lowest BCUT2D eigenvalue weighted by Gasteiger charge is -1.99. The normalized spacial score (nSPS) is 18.9. The average molecular weight is 174 g/mol. The van der Waals surface area contributed by atoms with E-state index >= 15 is 0 Å². The number of rotatable bonds is 0. The second-order valence-corrected chi connectivity index (χ2v) is 2.45. The smallest absolute Gasteiger partial charge is 0.306 e. The van der Waals surface area contributed by atoms with Crippen LogP contribution in [0.15, 0.2) is 12.2 Å². The molecule has 0 atom stereocenters. The third kappa shape index (κ3) is 4.71. The first-order chi connectivity index (χ1) is 6.39. The minimum atomic E-state index is -0.194. The molecule has 1 heterocycles. The highest BCUT2D eigenvalue weighted by atomic mass is 16.5. The first-order valence-electron chi connectivity index (χ1n) is 4.17. The van der Waals surface area contributed by atoms with Crippen molar-refractivity contribution in [2.45, 2.75) is 19.3 Å². The second kappa shape index (κ2) is 5.91. The molecule has 0 amide bonds. The molecular formula is C11H10O2. The largest absolute Gasteiger partial charge is 0.465 e. The van der Waals surface area contributed by atoms with Crippen molar-refractivity contribution in [2.24, 2.45) is 0 Å². The molecule has 0 unspecified atom stereocenters. The van der Waals surface area contributed by atoms with Gasteiger partial charge in [-0.15, -0.1) is 0 Å². The van der Waals surface area contributed by atoms with E-state index in [1.54, 1.807) is 12.2 Å². The Morgan fingerprint density at radius 2 is 1.85 bits per heavy atom. The number of ether oxygens (including phenoxy) is 1. The molecule has 0 saturated heterocycles. The van der Waals surface area contributed by atoms with E-state index in [-0.39, 0.29) is 5.97 Å². The maximum atomic E-state index is 10.9. The lowest BCUT2D eigenvalue weighted by Crippen LogP contribution is -2.04. The third-order valence-corrected chi connectivity index (χ3v) is 1.40. The van der Waals surface area contributed by atoms with Gasteiger partial charge in [-0.3, -0.25) is 4.79 Å². The topological polar surface area (TPSA) is 26.3 Å². The summed E-state index contributed by atoms with van der Waals surface area (Å²) in [4.78, 5) is 10.9. The van der Waals surface area contributed by atoms with Crippen LogP contribution in [0.4, 0.5) is 0 Å². The molecule has 66 valence electrons. The van der Waals surface area contributed by atoms with E-state index in [4.69, 9.17) is 4.74 Å². The Labute approximate surface area is 78.0 Å². The van der Waals surface area contributed by atoms with Crippen molar-refractivity contribution < 1.29 is 9.53 Å². The summed E-state index contributed by atoms with van der Waals surface area (Å²) in [5.41, 5.74) is 0. The summed E-state index contributed by atoms with van der Waals surface area (Å²) >= 11 is 0. The molecular weight excluding hydrogens is 164 g/mol. The molecule has 0 fully saturated rings. The highest BCUT2D eigenvalue weighted by Gasteiger charge is 1.99. The van der Waals surface area contributed by atoms with Crippen molar-refractivity contribution in [3.8, 4) is 23.7 Å². The van der Waals surface area contributed by atoms with Crippen LogP contribution in [-0.2, 0) is 9.53 Å². The van der Waals surface area contributed by atoms with Crippen molar-refractivity contribution in [1.29, 1.82) is 0 Å². The molecule has 0 bridgehead atoms.